The maximum atomic E-state index is 7.51. The predicted octanol–water partition coefficient (Wildman–Crippen LogP) is 4.84. The van der Waals surface area contributed by atoms with Crippen LogP contribution in [-0.4, -0.2) is 10.8 Å². The Morgan fingerprint density at radius 1 is 0.864 bits per heavy atom. The summed E-state index contributed by atoms with van der Waals surface area (Å²) in [6.45, 7) is 0.843. The number of nitrogens with one attached hydrogen (secondary N) is 1. The molecule has 0 amide bonds. The Morgan fingerprint density at radius 2 is 1.73 bits per heavy atom. The molecule has 2 heteroatoms. The Bertz CT molecular complexity index is 979. The van der Waals surface area contributed by atoms with Crippen LogP contribution in [0.1, 0.15) is 11.1 Å². The van der Waals surface area contributed by atoms with E-state index in [0.29, 0.717) is 0 Å². The molecule has 0 saturated heterocycles. The van der Waals surface area contributed by atoms with E-state index in [1.54, 1.807) is 0 Å². The van der Waals surface area contributed by atoms with Crippen molar-refractivity contribution in [1.29, 1.82) is 5.41 Å². The van der Waals surface area contributed by atoms with Crippen molar-refractivity contribution in [3.05, 3.63) is 84.1 Å². The van der Waals surface area contributed by atoms with Crippen LogP contribution in [0.15, 0.2) is 72.9 Å². The summed E-state index contributed by atoms with van der Waals surface area (Å²) in [7, 11) is 0. The monoisotopic (exact) mass is 284 g/mol. The highest BCUT2D eigenvalue weighted by molar-refractivity contribution is 5.97. The van der Waals surface area contributed by atoms with Crippen molar-refractivity contribution in [2.24, 2.45) is 0 Å². The molecule has 106 valence electrons. The van der Waals surface area contributed by atoms with Crippen LogP contribution in [0.4, 0.5) is 0 Å². The van der Waals surface area contributed by atoms with Crippen molar-refractivity contribution in [3.63, 3.8) is 0 Å². The minimum absolute atomic E-state index is 0.843. The van der Waals surface area contributed by atoms with E-state index in [1.165, 1.54) is 28.1 Å². The molecule has 0 spiro atoms. The first-order valence-corrected chi connectivity index (χ1v) is 7.41. The maximum Gasteiger partial charge on any atom is 0.0490 e. The van der Waals surface area contributed by atoms with Gasteiger partial charge in [0.15, 0.2) is 0 Å². The lowest BCUT2D eigenvalue weighted by atomic mass is 10.1. The Hall–Kier alpha value is -2.87. The zero-order chi connectivity index (χ0) is 14.9. The van der Waals surface area contributed by atoms with E-state index in [9.17, 15) is 0 Å². The fourth-order valence-electron chi connectivity index (χ4n) is 3.04. The Morgan fingerprint density at radius 3 is 2.59 bits per heavy atom. The van der Waals surface area contributed by atoms with Gasteiger partial charge in [0.1, 0.15) is 0 Å². The lowest BCUT2D eigenvalue weighted by molar-refractivity contribution is 0.838. The van der Waals surface area contributed by atoms with E-state index in [2.05, 4.69) is 65.4 Å². The van der Waals surface area contributed by atoms with Crippen LogP contribution in [0.5, 0.6) is 0 Å². The number of rotatable bonds is 3. The Balaban J connectivity index is 1.77. The number of fused-ring (bicyclic) bond motifs is 2. The lowest BCUT2D eigenvalue weighted by Gasteiger charge is -2.08. The molecule has 4 aromatic rings. The van der Waals surface area contributed by atoms with E-state index in [4.69, 9.17) is 5.41 Å². The summed E-state index contributed by atoms with van der Waals surface area (Å²) in [5.41, 5.74) is 3.43. The molecular formula is C20H16N2. The highest BCUT2D eigenvalue weighted by Crippen LogP contribution is 2.22. The molecule has 2 nitrogen and oxygen atoms in total. The molecule has 0 unspecified atom stereocenters. The van der Waals surface area contributed by atoms with Crippen LogP contribution in [0.2, 0.25) is 0 Å². The third kappa shape index (κ3) is 2.09. The van der Waals surface area contributed by atoms with E-state index in [0.717, 1.165) is 17.5 Å². The molecule has 0 aliphatic heterocycles. The molecule has 0 fully saturated rings. The van der Waals surface area contributed by atoms with Crippen LogP contribution < -0.4 is 0 Å². The van der Waals surface area contributed by atoms with Gasteiger partial charge in [0.25, 0.3) is 0 Å². The van der Waals surface area contributed by atoms with Gasteiger partial charge >= 0.3 is 0 Å². The topological polar surface area (TPSA) is 28.8 Å². The Labute approximate surface area is 129 Å². The second-order valence-corrected chi connectivity index (χ2v) is 5.55. The second-order valence-electron chi connectivity index (χ2n) is 5.55. The van der Waals surface area contributed by atoms with Crippen molar-refractivity contribution in [1.82, 2.24) is 4.57 Å². The largest absolute Gasteiger partial charge is 0.343 e. The summed E-state index contributed by atoms with van der Waals surface area (Å²) >= 11 is 0. The molecule has 1 N–H and O–H groups in total. The van der Waals surface area contributed by atoms with Crippen molar-refractivity contribution < 1.29 is 0 Å². The van der Waals surface area contributed by atoms with Crippen LogP contribution in [-0.2, 0) is 6.54 Å². The molecular weight excluding hydrogens is 268 g/mol. The molecule has 1 heterocycles. The molecule has 0 saturated carbocycles. The average Bonchev–Trinajstić information content (AvgIpc) is 2.98. The average molecular weight is 284 g/mol. The van der Waals surface area contributed by atoms with E-state index >= 15 is 0 Å². The standard InChI is InChI=1S/C20H16N2/c21-13-18-6-3-7-20-19(18)10-11-22(20)14-15-8-9-16-4-1-2-5-17(16)12-15/h1-13,21H,14H2. The summed E-state index contributed by atoms with van der Waals surface area (Å²) in [6, 6.07) is 23.3. The summed E-state index contributed by atoms with van der Waals surface area (Å²) in [5, 5.41) is 11.2. The molecule has 0 aliphatic carbocycles. The minimum atomic E-state index is 0.843. The molecule has 0 radical (unpaired) electrons. The predicted molar refractivity (Wildman–Crippen MR) is 92.9 cm³/mol. The molecule has 0 atom stereocenters. The fraction of sp³-hybridized carbons (Fsp3) is 0.0500. The third-order valence-corrected chi connectivity index (χ3v) is 4.17. The van der Waals surface area contributed by atoms with Gasteiger partial charge in [-0.15, -0.1) is 0 Å². The molecule has 0 aliphatic rings. The third-order valence-electron chi connectivity index (χ3n) is 4.17. The van der Waals surface area contributed by atoms with Gasteiger partial charge in [-0.3, -0.25) is 0 Å². The lowest BCUT2D eigenvalue weighted by Crippen LogP contribution is -1.98. The number of nitrogens with zero attached hydrogens (tertiary/aromatic N) is 1. The first-order chi connectivity index (χ1) is 10.8. The van der Waals surface area contributed by atoms with E-state index in [-0.39, 0.29) is 0 Å². The quantitative estimate of drug-likeness (QED) is 0.522. The summed E-state index contributed by atoms with van der Waals surface area (Å²) in [5.74, 6) is 0. The first-order valence-electron chi connectivity index (χ1n) is 7.41. The second kappa shape index (κ2) is 5.15. The first kappa shape index (κ1) is 12.8. The van der Waals surface area contributed by atoms with Gasteiger partial charge in [0, 0.05) is 35.4 Å². The number of aromatic nitrogens is 1. The van der Waals surface area contributed by atoms with Gasteiger partial charge in [0.05, 0.1) is 0 Å². The van der Waals surface area contributed by atoms with Crippen molar-refractivity contribution in [3.8, 4) is 0 Å². The van der Waals surface area contributed by atoms with Gasteiger partial charge < -0.3 is 9.98 Å². The molecule has 3 aromatic carbocycles. The minimum Gasteiger partial charge on any atom is -0.343 e. The highest BCUT2D eigenvalue weighted by Gasteiger charge is 2.05. The van der Waals surface area contributed by atoms with Gasteiger partial charge in [-0.2, -0.15) is 0 Å². The van der Waals surface area contributed by atoms with Gasteiger partial charge in [-0.05, 0) is 34.5 Å². The molecule has 0 bridgehead atoms. The Kier molecular flexibility index (Phi) is 3.01. The number of hydrogen-bond acceptors (Lipinski definition) is 1. The van der Waals surface area contributed by atoms with Crippen LogP contribution >= 0.6 is 0 Å². The van der Waals surface area contributed by atoms with Crippen LogP contribution in [0.25, 0.3) is 21.7 Å². The summed E-state index contributed by atoms with van der Waals surface area (Å²) in [4.78, 5) is 0. The fourth-order valence-corrected chi connectivity index (χ4v) is 3.04. The summed E-state index contributed by atoms with van der Waals surface area (Å²) < 4.78 is 2.24. The molecule has 1 aromatic heterocycles. The van der Waals surface area contributed by atoms with Crippen molar-refractivity contribution in [2.45, 2.75) is 6.54 Å². The smallest absolute Gasteiger partial charge is 0.0490 e. The normalized spacial score (nSPS) is 11.1. The van der Waals surface area contributed by atoms with Crippen LogP contribution in [0, 0.1) is 5.41 Å². The molecule has 4 rings (SSSR count). The zero-order valence-electron chi connectivity index (χ0n) is 12.2. The highest BCUT2D eigenvalue weighted by atomic mass is 14.9. The summed E-state index contributed by atoms with van der Waals surface area (Å²) in [6.07, 6.45) is 3.52. The van der Waals surface area contributed by atoms with Gasteiger partial charge in [-0.1, -0.05) is 48.5 Å². The van der Waals surface area contributed by atoms with Crippen molar-refractivity contribution in [2.75, 3.05) is 0 Å². The van der Waals surface area contributed by atoms with E-state index < -0.39 is 0 Å². The maximum absolute atomic E-state index is 7.51. The SMILES string of the molecule is N=Cc1cccc2c1ccn2Cc1ccc2ccccc2c1. The van der Waals surface area contributed by atoms with Crippen LogP contribution in [0.3, 0.4) is 0 Å². The zero-order valence-corrected chi connectivity index (χ0v) is 12.2. The molecule has 22 heavy (non-hydrogen) atoms. The number of benzene rings is 3. The van der Waals surface area contributed by atoms with Crippen molar-refractivity contribution >= 4 is 27.9 Å². The van der Waals surface area contributed by atoms with Gasteiger partial charge in [-0.25, -0.2) is 0 Å². The van der Waals surface area contributed by atoms with Gasteiger partial charge in [0.2, 0.25) is 0 Å². The number of hydrogen-bond donors (Lipinski definition) is 1. The van der Waals surface area contributed by atoms with E-state index in [1.807, 2.05) is 12.1 Å².